The minimum atomic E-state index is -0.290. The normalized spacial score (nSPS) is 10.6. The summed E-state index contributed by atoms with van der Waals surface area (Å²) in [4.78, 5) is 15.4. The molecule has 90 valence electrons. The first-order chi connectivity index (χ1) is 7.66. The average Bonchev–Trinajstić information content (AvgIpc) is 2.28. The van der Waals surface area contributed by atoms with Gasteiger partial charge in [-0.25, -0.2) is 4.98 Å². The predicted octanol–water partition coefficient (Wildman–Crippen LogP) is 1.03. The van der Waals surface area contributed by atoms with Crippen molar-refractivity contribution >= 4 is 17.3 Å². The first-order valence-corrected chi connectivity index (χ1v) is 5.66. The molecule has 0 fully saturated rings. The molecule has 0 saturated heterocycles. The molecule has 3 N–H and O–H groups in total. The van der Waals surface area contributed by atoms with Crippen LogP contribution in [0, 0.1) is 0 Å². The van der Waals surface area contributed by atoms with Crippen LogP contribution in [0.4, 0.5) is 5.69 Å². The number of unbranched alkanes of at least 4 members (excludes halogenated alkanes) is 3. The highest BCUT2D eigenvalue weighted by molar-refractivity contribution is 6.31. The summed E-state index contributed by atoms with van der Waals surface area (Å²) in [6.45, 7) is 0.800. The first-order valence-electron chi connectivity index (χ1n) is 5.28. The number of aromatic nitrogens is 2. The molecule has 1 aromatic heterocycles. The lowest BCUT2D eigenvalue weighted by Crippen LogP contribution is -2.23. The number of hydrogen-bond donors (Lipinski definition) is 2. The minimum absolute atomic E-state index is 0.000440. The number of aliphatic hydroxyl groups excluding tert-OH is 1. The SMILES string of the molecule is Nc1c(Cl)ncn(CCCCCCO)c1=O. The van der Waals surface area contributed by atoms with Crippen LogP contribution in [0.1, 0.15) is 25.7 Å². The zero-order valence-corrected chi connectivity index (χ0v) is 9.78. The summed E-state index contributed by atoms with van der Waals surface area (Å²) in [5, 5.41) is 8.65. The first kappa shape index (κ1) is 13.0. The van der Waals surface area contributed by atoms with Gasteiger partial charge in [0, 0.05) is 13.2 Å². The van der Waals surface area contributed by atoms with E-state index in [0.29, 0.717) is 6.54 Å². The number of rotatable bonds is 6. The van der Waals surface area contributed by atoms with E-state index in [1.54, 1.807) is 0 Å². The standard InChI is InChI=1S/C10H16ClN3O2/c11-9-8(12)10(16)14(7-13-9)5-3-1-2-4-6-15/h7,15H,1-6,12H2. The molecule has 0 amide bonds. The molecule has 0 unspecified atom stereocenters. The summed E-state index contributed by atoms with van der Waals surface area (Å²) in [6.07, 6.45) is 5.00. The van der Waals surface area contributed by atoms with Gasteiger partial charge in [-0.15, -0.1) is 0 Å². The number of nitrogens with two attached hydrogens (primary N) is 1. The summed E-state index contributed by atoms with van der Waals surface area (Å²) >= 11 is 5.61. The molecular formula is C10H16ClN3O2. The Morgan fingerprint density at radius 3 is 2.75 bits per heavy atom. The van der Waals surface area contributed by atoms with Crippen LogP contribution in [0.3, 0.4) is 0 Å². The van der Waals surface area contributed by atoms with Crippen LogP contribution in [0.25, 0.3) is 0 Å². The van der Waals surface area contributed by atoms with E-state index in [9.17, 15) is 4.79 Å². The number of nitrogens with zero attached hydrogens (tertiary/aromatic N) is 2. The molecule has 0 aliphatic carbocycles. The Morgan fingerprint density at radius 1 is 1.38 bits per heavy atom. The van der Waals surface area contributed by atoms with E-state index in [2.05, 4.69) is 4.98 Å². The Bertz CT molecular complexity index is 392. The molecule has 1 rings (SSSR count). The third-order valence-corrected chi connectivity index (χ3v) is 2.63. The quantitative estimate of drug-likeness (QED) is 0.579. The number of anilines is 1. The van der Waals surface area contributed by atoms with Crippen LogP contribution in [0.2, 0.25) is 5.15 Å². The highest BCUT2D eigenvalue weighted by Gasteiger charge is 2.05. The van der Waals surface area contributed by atoms with Crippen molar-refractivity contribution in [2.75, 3.05) is 12.3 Å². The summed E-state index contributed by atoms with van der Waals surface area (Å²) in [5.74, 6) is 0. The second kappa shape index (κ2) is 6.50. The fraction of sp³-hybridized carbons (Fsp3) is 0.600. The van der Waals surface area contributed by atoms with Crippen molar-refractivity contribution in [1.29, 1.82) is 0 Å². The van der Waals surface area contributed by atoms with Crippen LogP contribution in [-0.4, -0.2) is 21.3 Å². The molecule has 0 bridgehead atoms. The zero-order chi connectivity index (χ0) is 12.0. The average molecular weight is 246 g/mol. The highest BCUT2D eigenvalue weighted by Crippen LogP contribution is 2.08. The van der Waals surface area contributed by atoms with Crippen LogP contribution in [0.5, 0.6) is 0 Å². The zero-order valence-electron chi connectivity index (χ0n) is 9.03. The fourth-order valence-corrected chi connectivity index (χ4v) is 1.52. The third kappa shape index (κ3) is 3.50. The second-order valence-corrected chi connectivity index (χ2v) is 3.94. The van der Waals surface area contributed by atoms with E-state index < -0.39 is 0 Å². The molecule has 0 atom stereocenters. The van der Waals surface area contributed by atoms with Crippen LogP contribution < -0.4 is 11.3 Å². The Hall–Kier alpha value is -1.07. The number of aliphatic hydroxyl groups is 1. The summed E-state index contributed by atoms with van der Waals surface area (Å²) in [7, 11) is 0. The van der Waals surface area contributed by atoms with E-state index in [-0.39, 0.29) is 23.0 Å². The lowest BCUT2D eigenvalue weighted by atomic mass is 10.2. The fourth-order valence-electron chi connectivity index (χ4n) is 1.39. The number of nitrogen functional groups attached to an aromatic ring is 1. The summed E-state index contributed by atoms with van der Waals surface area (Å²) in [6, 6.07) is 0. The van der Waals surface area contributed by atoms with Crippen molar-refractivity contribution in [3.8, 4) is 0 Å². The Kier molecular flexibility index (Phi) is 5.28. The van der Waals surface area contributed by atoms with Crippen molar-refractivity contribution in [3.05, 3.63) is 21.8 Å². The second-order valence-electron chi connectivity index (χ2n) is 3.59. The minimum Gasteiger partial charge on any atom is -0.396 e. The Balaban J connectivity index is 2.49. The van der Waals surface area contributed by atoms with Crippen molar-refractivity contribution in [2.45, 2.75) is 32.2 Å². The summed E-state index contributed by atoms with van der Waals surface area (Å²) in [5.41, 5.74) is 5.18. The van der Waals surface area contributed by atoms with Gasteiger partial charge in [0.1, 0.15) is 5.69 Å². The van der Waals surface area contributed by atoms with Gasteiger partial charge >= 0.3 is 0 Å². The van der Waals surface area contributed by atoms with Gasteiger partial charge in [-0.3, -0.25) is 9.36 Å². The van der Waals surface area contributed by atoms with Gasteiger partial charge in [-0.05, 0) is 12.8 Å². The van der Waals surface area contributed by atoms with Crippen molar-refractivity contribution in [3.63, 3.8) is 0 Å². The maximum atomic E-state index is 11.6. The van der Waals surface area contributed by atoms with Crippen molar-refractivity contribution in [1.82, 2.24) is 9.55 Å². The van der Waals surface area contributed by atoms with Gasteiger partial charge in [0.25, 0.3) is 5.56 Å². The van der Waals surface area contributed by atoms with Gasteiger partial charge in [-0.2, -0.15) is 0 Å². The molecule has 5 nitrogen and oxygen atoms in total. The number of hydrogen-bond acceptors (Lipinski definition) is 4. The van der Waals surface area contributed by atoms with Gasteiger partial charge < -0.3 is 10.8 Å². The van der Waals surface area contributed by atoms with E-state index in [4.69, 9.17) is 22.4 Å². The molecule has 16 heavy (non-hydrogen) atoms. The van der Waals surface area contributed by atoms with Crippen LogP contribution in [-0.2, 0) is 6.54 Å². The Morgan fingerprint density at radius 2 is 2.06 bits per heavy atom. The molecular weight excluding hydrogens is 230 g/mol. The van der Waals surface area contributed by atoms with Crippen LogP contribution >= 0.6 is 11.6 Å². The van der Waals surface area contributed by atoms with Gasteiger partial charge in [0.05, 0.1) is 6.33 Å². The van der Waals surface area contributed by atoms with E-state index in [1.807, 2.05) is 0 Å². The molecule has 1 heterocycles. The van der Waals surface area contributed by atoms with E-state index in [0.717, 1.165) is 25.7 Å². The lowest BCUT2D eigenvalue weighted by Gasteiger charge is -2.06. The molecule has 0 aromatic carbocycles. The van der Waals surface area contributed by atoms with Gasteiger partial charge in [0.2, 0.25) is 0 Å². The molecule has 0 aliphatic rings. The molecule has 0 spiro atoms. The molecule has 1 aromatic rings. The highest BCUT2D eigenvalue weighted by atomic mass is 35.5. The largest absolute Gasteiger partial charge is 0.396 e. The number of halogens is 1. The van der Waals surface area contributed by atoms with Crippen LogP contribution in [0.15, 0.2) is 11.1 Å². The summed E-state index contributed by atoms with van der Waals surface area (Å²) < 4.78 is 1.46. The number of aryl methyl sites for hydroxylation is 1. The molecule has 0 radical (unpaired) electrons. The van der Waals surface area contributed by atoms with Crippen molar-refractivity contribution in [2.24, 2.45) is 0 Å². The van der Waals surface area contributed by atoms with Crippen molar-refractivity contribution < 1.29 is 5.11 Å². The predicted molar refractivity (Wildman–Crippen MR) is 63.5 cm³/mol. The maximum Gasteiger partial charge on any atom is 0.278 e. The van der Waals surface area contributed by atoms with E-state index >= 15 is 0 Å². The smallest absolute Gasteiger partial charge is 0.278 e. The van der Waals surface area contributed by atoms with Gasteiger partial charge in [0.15, 0.2) is 5.15 Å². The molecule has 0 aliphatic heterocycles. The molecule has 0 saturated carbocycles. The maximum absolute atomic E-state index is 11.6. The van der Waals surface area contributed by atoms with Gasteiger partial charge in [-0.1, -0.05) is 24.4 Å². The third-order valence-electron chi connectivity index (χ3n) is 2.33. The lowest BCUT2D eigenvalue weighted by molar-refractivity contribution is 0.282. The Labute approximate surface area is 98.9 Å². The molecule has 6 heteroatoms. The van der Waals surface area contributed by atoms with E-state index in [1.165, 1.54) is 10.9 Å². The monoisotopic (exact) mass is 245 g/mol. The topological polar surface area (TPSA) is 81.1 Å².